The van der Waals surface area contributed by atoms with Crippen molar-refractivity contribution in [1.82, 2.24) is 5.43 Å². The number of aryl methyl sites for hydroxylation is 1. The van der Waals surface area contributed by atoms with Crippen LogP contribution < -0.4 is 10.7 Å². The maximum atomic E-state index is 12.5. The number of hydrogen-bond donors (Lipinski definition) is 3. The fourth-order valence-corrected chi connectivity index (χ4v) is 3.02. The van der Waals surface area contributed by atoms with Crippen LogP contribution in [0.25, 0.3) is 0 Å². The first-order valence-electron chi connectivity index (χ1n) is 9.72. The van der Waals surface area contributed by atoms with Gasteiger partial charge in [0.2, 0.25) is 0 Å². The highest BCUT2D eigenvalue weighted by Crippen LogP contribution is 2.21. The lowest BCUT2D eigenvalue weighted by Crippen LogP contribution is -2.18. The maximum Gasteiger partial charge on any atom is 0.271 e. The molecule has 0 aliphatic heterocycles. The van der Waals surface area contributed by atoms with E-state index in [0.717, 1.165) is 11.1 Å². The van der Waals surface area contributed by atoms with Crippen LogP contribution in [0.4, 0.5) is 5.69 Å². The van der Waals surface area contributed by atoms with E-state index in [9.17, 15) is 14.7 Å². The minimum absolute atomic E-state index is 0.0984. The molecule has 0 fully saturated rings. The van der Waals surface area contributed by atoms with Crippen molar-refractivity contribution in [2.45, 2.75) is 13.3 Å². The Bertz CT molecular complexity index is 1150. The van der Waals surface area contributed by atoms with E-state index >= 15 is 0 Å². The fourth-order valence-electron chi connectivity index (χ4n) is 3.02. The van der Waals surface area contributed by atoms with Gasteiger partial charge in [-0.15, -0.1) is 6.58 Å². The number of rotatable bonds is 7. The summed E-state index contributed by atoms with van der Waals surface area (Å²) in [7, 11) is 0. The molecule has 3 aromatic carbocycles. The monoisotopic (exact) mass is 413 g/mol. The molecule has 6 heteroatoms. The summed E-state index contributed by atoms with van der Waals surface area (Å²) < 4.78 is 0. The van der Waals surface area contributed by atoms with Gasteiger partial charge < -0.3 is 10.4 Å². The predicted octanol–water partition coefficient (Wildman–Crippen LogP) is 4.45. The Balaban J connectivity index is 1.67. The molecule has 31 heavy (non-hydrogen) atoms. The second kappa shape index (κ2) is 10.0. The average molecular weight is 413 g/mol. The zero-order chi connectivity index (χ0) is 22.2. The summed E-state index contributed by atoms with van der Waals surface area (Å²) in [5.41, 5.74) is 5.91. The van der Waals surface area contributed by atoms with Crippen LogP contribution in [0.15, 0.2) is 84.5 Å². The normalized spacial score (nSPS) is 10.6. The maximum absolute atomic E-state index is 12.5. The lowest BCUT2D eigenvalue weighted by molar-refractivity contribution is 0.0953. The van der Waals surface area contributed by atoms with Crippen molar-refractivity contribution in [2.75, 3.05) is 5.32 Å². The topological polar surface area (TPSA) is 90.8 Å². The van der Waals surface area contributed by atoms with Gasteiger partial charge in [-0.2, -0.15) is 5.10 Å². The number of allylic oxidation sites excluding steroid dienone is 1. The molecule has 156 valence electrons. The van der Waals surface area contributed by atoms with E-state index in [1.807, 2.05) is 19.1 Å². The Labute approximate surface area is 180 Å². The molecule has 3 rings (SSSR count). The van der Waals surface area contributed by atoms with Gasteiger partial charge in [0, 0.05) is 22.4 Å². The number of amides is 2. The minimum Gasteiger partial charge on any atom is -0.507 e. The SMILES string of the molecule is C=CCc1cccc(/C=N\NC(=O)c2cccc(NC(=O)c3ccccc3C)c2)c1O. The first-order chi connectivity index (χ1) is 15.0. The van der Waals surface area contributed by atoms with E-state index in [1.165, 1.54) is 6.21 Å². The number of carbonyl (C=O) groups is 2. The molecule has 2 amide bonds. The number of phenols is 1. The zero-order valence-corrected chi connectivity index (χ0v) is 17.1. The first kappa shape index (κ1) is 21.5. The average Bonchev–Trinajstić information content (AvgIpc) is 2.76. The molecule has 0 unspecified atom stereocenters. The molecule has 0 saturated carbocycles. The fraction of sp³-hybridized carbons (Fsp3) is 0.0800. The smallest absolute Gasteiger partial charge is 0.271 e. The molecule has 0 aliphatic rings. The number of para-hydroxylation sites is 1. The van der Waals surface area contributed by atoms with Crippen LogP contribution in [-0.4, -0.2) is 23.1 Å². The van der Waals surface area contributed by atoms with E-state index in [4.69, 9.17) is 0 Å². The van der Waals surface area contributed by atoms with Gasteiger partial charge in [0.05, 0.1) is 6.21 Å². The Morgan fingerprint density at radius 3 is 2.58 bits per heavy atom. The third-order valence-electron chi connectivity index (χ3n) is 4.66. The van der Waals surface area contributed by atoms with Crippen LogP contribution in [0.5, 0.6) is 5.75 Å². The second-order valence-electron chi connectivity index (χ2n) is 6.90. The number of nitrogens with zero attached hydrogens (tertiary/aromatic N) is 1. The molecule has 0 saturated heterocycles. The molecule has 0 aliphatic carbocycles. The number of hydrogen-bond acceptors (Lipinski definition) is 4. The van der Waals surface area contributed by atoms with Crippen LogP contribution in [-0.2, 0) is 6.42 Å². The molecule has 0 bridgehead atoms. The summed E-state index contributed by atoms with van der Waals surface area (Å²) in [6.07, 6.45) is 3.60. The van der Waals surface area contributed by atoms with Gasteiger partial charge in [-0.05, 0) is 54.8 Å². The highest BCUT2D eigenvalue weighted by Gasteiger charge is 2.11. The zero-order valence-electron chi connectivity index (χ0n) is 17.1. The van der Waals surface area contributed by atoms with Gasteiger partial charge in [0.1, 0.15) is 5.75 Å². The standard InChI is InChI=1S/C25H23N3O3/c1-3-8-18-10-6-12-20(23(18)29)16-26-28-24(30)19-11-7-13-21(15-19)27-25(31)22-14-5-4-9-17(22)2/h3-7,9-16,29H,1,8H2,2H3,(H,27,31)(H,28,30)/b26-16-. The van der Waals surface area contributed by atoms with Crippen molar-refractivity contribution >= 4 is 23.7 Å². The molecule has 0 heterocycles. The first-order valence-corrected chi connectivity index (χ1v) is 9.72. The van der Waals surface area contributed by atoms with E-state index in [1.54, 1.807) is 60.7 Å². The number of nitrogens with one attached hydrogen (secondary N) is 2. The van der Waals surface area contributed by atoms with Crippen molar-refractivity contribution in [3.05, 3.63) is 107 Å². The van der Waals surface area contributed by atoms with Gasteiger partial charge in [0.25, 0.3) is 11.8 Å². The number of aromatic hydroxyl groups is 1. The van der Waals surface area contributed by atoms with E-state index in [-0.39, 0.29) is 11.7 Å². The molecule has 3 aromatic rings. The molecular formula is C25H23N3O3. The Morgan fingerprint density at radius 1 is 1.03 bits per heavy atom. The van der Waals surface area contributed by atoms with Crippen molar-refractivity contribution in [1.29, 1.82) is 0 Å². The summed E-state index contributed by atoms with van der Waals surface area (Å²) in [4.78, 5) is 24.9. The van der Waals surface area contributed by atoms with Crippen LogP contribution in [0, 0.1) is 6.92 Å². The van der Waals surface area contributed by atoms with Crippen molar-refractivity contribution in [2.24, 2.45) is 5.10 Å². The summed E-state index contributed by atoms with van der Waals surface area (Å²) in [5, 5.41) is 17.0. The minimum atomic E-state index is -0.440. The molecule has 0 atom stereocenters. The summed E-state index contributed by atoms with van der Waals surface area (Å²) >= 11 is 0. The summed E-state index contributed by atoms with van der Waals surface area (Å²) in [5.74, 6) is -0.588. The van der Waals surface area contributed by atoms with Crippen molar-refractivity contribution < 1.29 is 14.7 Å². The number of hydrazone groups is 1. The van der Waals surface area contributed by atoms with Crippen LogP contribution in [0.3, 0.4) is 0 Å². The van der Waals surface area contributed by atoms with Crippen LogP contribution >= 0.6 is 0 Å². The van der Waals surface area contributed by atoms with Gasteiger partial charge in [-0.1, -0.05) is 42.5 Å². The molecule has 3 N–H and O–H groups in total. The number of benzene rings is 3. The lowest BCUT2D eigenvalue weighted by atomic mass is 10.1. The molecule has 6 nitrogen and oxygen atoms in total. The molecule has 0 radical (unpaired) electrons. The Hall–Kier alpha value is -4.19. The van der Waals surface area contributed by atoms with E-state index in [2.05, 4.69) is 22.4 Å². The van der Waals surface area contributed by atoms with Crippen LogP contribution in [0.2, 0.25) is 0 Å². The number of carbonyl (C=O) groups excluding carboxylic acids is 2. The summed E-state index contributed by atoms with van der Waals surface area (Å²) in [6, 6.07) is 19.1. The van der Waals surface area contributed by atoms with Crippen LogP contribution in [0.1, 0.15) is 37.4 Å². The Kier molecular flexibility index (Phi) is 6.96. The van der Waals surface area contributed by atoms with Crippen molar-refractivity contribution in [3.8, 4) is 5.75 Å². The lowest BCUT2D eigenvalue weighted by Gasteiger charge is -2.09. The highest BCUT2D eigenvalue weighted by atomic mass is 16.3. The third kappa shape index (κ3) is 5.45. The van der Waals surface area contributed by atoms with Gasteiger partial charge in [-0.25, -0.2) is 5.43 Å². The summed E-state index contributed by atoms with van der Waals surface area (Å²) in [6.45, 7) is 5.53. The predicted molar refractivity (Wildman–Crippen MR) is 123 cm³/mol. The highest BCUT2D eigenvalue weighted by molar-refractivity contribution is 6.06. The number of anilines is 1. The van der Waals surface area contributed by atoms with Gasteiger partial charge in [-0.3, -0.25) is 9.59 Å². The quantitative estimate of drug-likeness (QED) is 0.304. The third-order valence-corrected chi connectivity index (χ3v) is 4.66. The van der Waals surface area contributed by atoms with Gasteiger partial charge >= 0.3 is 0 Å². The van der Waals surface area contributed by atoms with E-state index in [0.29, 0.717) is 28.8 Å². The molecule has 0 aromatic heterocycles. The van der Waals surface area contributed by atoms with Crippen molar-refractivity contribution in [3.63, 3.8) is 0 Å². The van der Waals surface area contributed by atoms with Gasteiger partial charge in [0.15, 0.2) is 0 Å². The Morgan fingerprint density at radius 2 is 1.81 bits per heavy atom. The second-order valence-corrected chi connectivity index (χ2v) is 6.90. The van der Waals surface area contributed by atoms with E-state index < -0.39 is 5.91 Å². The number of phenolic OH excluding ortho intramolecular Hbond substituents is 1. The largest absolute Gasteiger partial charge is 0.507 e. The molecular weight excluding hydrogens is 390 g/mol. The molecule has 0 spiro atoms.